The second kappa shape index (κ2) is 14.4. The van der Waals surface area contributed by atoms with E-state index in [1.165, 1.54) is 7.11 Å². The van der Waals surface area contributed by atoms with Crippen LogP contribution in [0.15, 0.2) is 91.0 Å². The molecule has 12 heteroatoms. The Kier molecular flexibility index (Phi) is 10.9. The van der Waals surface area contributed by atoms with Crippen LogP contribution in [0.2, 0.25) is 0 Å². The van der Waals surface area contributed by atoms with Crippen LogP contribution in [0.4, 0.5) is 13.2 Å². The van der Waals surface area contributed by atoms with Crippen molar-refractivity contribution in [3.8, 4) is 0 Å². The number of alkyl halides is 3. The molecule has 1 heterocycles. The van der Waals surface area contributed by atoms with Crippen LogP contribution in [-0.2, 0) is 57.8 Å². The minimum Gasteiger partial charge on any atom is -0.374 e. The maximum Gasteiger partial charge on any atom is 0.523 e. The third-order valence-corrected chi connectivity index (χ3v) is 7.35. The van der Waals surface area contributed by atoms with Gasteiger partial charge in [0.25, 0.3) is 0 Å². The summed E-state index contributed by atoms with van der Waals surface area (Å²) in [6.07, 6.45) is -6.93. The zero-order valence-electron chi connectivity index (χ0n) is 22.2. The second-order valence-corrected chi connectivity index (χ2v) is 10.8. The maximum atomic E-state index is 13.5. The number of benzene rings is 3. The predicted molar refractivity (Wildman–Crippen MR) is 142 cm³/mol. The van der Waals surface area contributed by atoms with E-state index in [0.29, 0.717) is 11.1 Å². The molecule has 1 aliphatic rings. The first-order valence-corrected chi connectivity index (χ1v) is 14.2. The van der Waals surface area contributed by atoms with E-state index in [0.717, 1.165) is 5.56 Å². The van der Waals surface area contributed by atoms with E-state index in [9.17, 15) is 21.6 Å². The molecule has 0 radical (unpaired) electrons. The van der Waals surface area contributed by atoms with Crippen LogP contribution in [0.3, 0.4) is 0 Å². The van der Waals surface area contributed by atoms with Crippen LogP contribution in [0.5, 0.6) is 0 Å². The molecule has 0 saturated carbocycles. The monoisotopic (exact) mass is 596 g/mol. The molecule has 0 bridgehead atoms. The third-order valence-electron chi connectivity index (χ3n) is 6.31. The molecule has 1 saturated heterocycles. The molecule has 5 atom stereocenters. The quantitative estimate of drug-likeness (QED) is 0.202. The summed E-state index contributed by atoms with van der Waals surface area (Å²) in [6.45, 7) is -0.143. The number of hydrogen-bond donors (Lipinski definition) is 0. The zero-order valence-corrected chi connectivity index (χ0v) is 23.0. The lowest BCUT2D eigenvalue weighted by molar-refractivity contribution is -0.311. The summed E-state index contributed by atoms with van der Waals surface area (Å²) in [6, 6.07) is 26.9. The number of hydrogen-bond acceptors (Lipinski definition) is 8. The van der Waals surface area contributed by atoms with E-state index in [4.69, 9.17) is 27.9 Å². The largest absolute Gasteiger partial charge is 0.523 e. The molecule has 1 aliphatic heterocycles. The van der Waals surface area contributed by atoms with Gasteiger partial charge in [-0.3, -0.25) is 4.18 Å². The Morgan fingerprint density at radius 2 is 1.17 bits per heavy atom. The minimum absolute atomic E-state index is 0.0704. The molecule has 0 amide bonds. The number of methoxy groups -OCH3 is 1. The Morgan fingerprint density at radius 3 is 1.63 bits per heavy atom. The van der Waals surface area contributed by atoms with Gasteiger partial charge < -0.3 is 23.7 Å². The molecule has 41 heavy (non-hydrogen) atoms. The van der Waals surface area contributed by atoms with E-state index in [1.807, 2.05) is 30.3 Å². The fourth-order valence-corrected chi connectivity index (χ4v) is 4.91. The standard InChI is InChI=1S/C29H31F3O8S/c1-35-28-27(38-19-23-15-9-4-10-16-23)26(40-41(33,34)29(30,31)32)25(37-18-22-13-7-3-8-14-22)24(39-28)20-36-17-21-11-5-2-6-12-21/h2-16,24-28H,17-20H2,1H3/t24-,25-,26+,27-,28+/m1/s1. The molecule has 1 fully saturated rings. The third kappa shape index (κ3) is 8.58. The molecule has 222 valence electrons. The average molecular weight is 597 g/mol. The Labute approximate surface area is 237 Å². The summed E-state index contributed by atoms with van der Waals surface area (Å²) in [5.41, 5.74) is -3.44. The zero-order chi connectivity index (χ0) is 29.3. The van der Waals surface area contributed by atoms with Gasteiger partial charge in [-0.05, 0) is 16.7 Å². The van der Waals surface area contributed by atoms with Crippen molar-refractivity contribution < 1.29 is 49.5 Å². The predicted octanol–water partition coefficient (Wildman–Crippen LogP) is 4.98. The lowest BCUT2D eigenvalue weighted by Crippen LogP contribution is -2.62. The van der Waals surface area contributed by atoms with E-state index in [2.05, 4.69) is 0 Å². The Morgan fingerprint density at radius 1 is 0.707 bits per heavy atom. The van der Waals surface area contributed by atoms with Gasteiger partial charge in [0, 0.05) is 7.11 Å². The topological polar surface area (TPSA) is 89.5 Å². The first-order valence-electron chi connectivity index (χ1n) is 12.8. The van der Waals surface area contributed by atoms with Gasteiger partial charge in [-0.15, -0.1) is 0 Å². The highest BCUT2D eigenvalue weighted by Crippen LogP contribution is 2.35. The first kappa shape index (κ1) is 31.1. The first-order chi connectivity index (χ1) is 19.7. The van der Waals surface area contributed by atoms with Gasteiger partial charge in [-0.2, -0.15) is 21.6 Å². The summed E-state index contributed by atoms with van der Waals surface area (Å²) < 4.78 is 99.3. The van der Waals surface area contributed by atoms with Crippen LogP contribution in [0.1, 0.15) is 16.7 Å². The number of halogens is 3. The smallest absolute Gasteiger partial charge is 0.374 e. The van der Waals surface area contributed by atoms with Crippen molar-refractivity contribution in [1.29, 1.82) is 0 Å². The lowest BCUT2D eigenvalue weighted by Gasteiger charge is -2.45. The second-order valence-electron chi connectivity index (χ2n) is 9.26. The van der Waals surface area contributed by atoms with Crippen molar-refractivity contribution in [1.82, 2.24) is 0 Å². The molecule has 0 aliphatic carbocycles. The molecule has 3 aromatic rings. The van der Waals surface area contributed by atoms with Crippen molar-refractivity contribution >= 4 is 10.1 Å². The molecule has 8 nitrogen and oxygen atoms in total. The highest BCUT2D eigenvalue weighted by molar-refractivity contribution is 7.87. The summed E-state index contributed by atoms with van der Waals surface area (Å²) in [4.78, 5) is 0. The average Bonchev–Trinajstić information content (AvgIpc) is 2.97. The molecule has 0 spiro atoms. The van der Waals surface area contributed by atoms with Crippen molar-refractivity contribution in [2.75, 3.05) is 13.7 Å². The molecular weight excluding hydrogens is 565 g/mol. The maximum absolute atomic E-state index is 13.5. The van der Waals surface area contributed by atoms with Gasteiger partial charge in [0.05, 0.1) is 26.4 Å². The van der Waals surface area contributed by atoms with Gasteiger partial charge in [0.2, 0.25) is 0 Å². The summed E-state index contributed by atoms with van der Waals surface area (Å²) in [7, 11) is -4.79. The van der Waals surface area contributed by atoms with Crippen LogP contribution in [-0.4, -0.2) is 58.3 Å². The van der Waals surface area contributed by atoms with Crippen LogP contribution in [0, 0.1) is 0 Å². The van der Waals surface area contributed by atoms with Crippen LogP contribution >= 0.6 is 0 Å². The Bertz CT molecular complexity index is 1290. The van der Waals surface area contributed by atoms with E-state index < -0.39 is 46.3 Å². The van der Waals surface area contributed by atoms with Crippen molar-refractivity contribution in [2.24, 2.45) is 0 Å². The highest BCUT2D eigenvalue weighted by atomic mass is 32.2. The van der Waals surface area contributed by atoms with Crippen LogP contribution < -0.4 is 0 Å². The van der Waals surface area contributed by atoms with E-state index in [1.54, 1.807) is 60.7 Å². The molecule has 3 aromatic carbocycles. The molecule has 0 aromatic heterocycles. The van der Waals surface area contributed by atoms with E-state index in [-0.39, 0.29) is 26.4 Å². The minimum atomic E-state index is -6.06. The summed E-state index contributed by atoms with van der Waals surface area (Å²) in [5.74, 6) is 0. The molecular formula is C29H31F3O8S. The highest BCUT2D eigenvalue weighted by Gasteiger charge is 2.56. The van der Waals surface area contributed by atoms with Crippen molar-refractivity contribution in [3.05, 3.63) is 108 Å². The Hall–Kier alpha value is -2.84. The summed E-state index contributed by atoms with van der Waals surface area (Å²) >= 11 is 0. The van der Waals surface area contributed by atoms with Gasteiger partial charge in [-0.1, -0.05) is 91.0 Å². The van der Waals surface area contributed by atoms with Gasteiger partial charge >= 0.3 is 15.6 Å². The van der Waals surface area contributed by atoms with Crippen LogP contribution in [0.25, 0.3) is 0 Å². The fraction of sp³-hybridized carbons (Fsp3) is 0.379. The van der Waals surface area contributed by atoms with Crippen molar-refractivity contribution in [2.45, 2.75) is 56.0 Å². The van der Waals surface area contributed by atoms with Gasteiger partial charge in [-0.25, -0.2) is 0 Å². The molecule has 0 unspecified atom stereocenters. The SMILES string of the molecule is CO[C@H]1O[C@H](COCc2ccccc2)[C@@H](OCc2ccccc2)[C@H](OS(=O)(=O)C(F)(F)F)[C@H]1OCc1ccccc1. The number of rotatable bonds is 13. The van der Waals surface area contributed by atoms with Gasteiger partial charge in [0.15, 0.2) is 6.29 Å². The summed E-state index contributed by atoms with van der Waals surface area (Å²) in [5, 5.41) is 0. The fourth-order valence-electron chi connectivity index (χ4n) is 4.29. The van der Waals surface area contributed by atoms with E-state index >= 15 is 0 Å². The molecule has 4 rings (SSSR count). The van der Waals surface area contributed by atoms with Crippen molar-refractivity contribution in [3.63, 3.8) is 0 Å². The molecule has 0 N–H and O–H groups in total. The Balaban J connectivity index is 1.64. The lowest BCUT2D eigenvalue weighted by atomic mass is 9.98. The van der Waals surface area contributed by atoms with Gasteiger partial charge in [0.1, 0.15) is 24.4 Å². The number of ether oxygens (including phenoxy) is 5. The normalized spacial score (nSPS) is 23.4.